The molecule has 0 amide bonds. The molecule has 0 aliphatic carbocycles. The van der Waals surface area contributed by atoms with Crippen molar-refractivity contribution >= 4 is 23.2 Å². The van der Waals surface area contributed by atoms with Crippen LogP contribution in [0.5, 0.6) is 5.75 Å². The van der Waals surface area contributed by atoms with E-state index in [-0.39, 0.29) is 12.8 Å². The zero-order valence-corrected chi connectivity index (χ0v) is 10.1. The van der Waals surface area contributed by atoms with Gasteiger partial charge in [0.25, 0.3) is 0 Å². The first kappa shape index (κ1) is 12.6. The number of methoxy groups -OCH3 is 1. The van der Waals surface area contributed by atoms with E-state index < -0.39 is 0 Å². The van der Waals surface area contributed by atoms with Crippen LogP contribution in [0.1, 0.15) is 18.5 Å². The Labute approximate surface area is 99.1 Å². The number of hydrogen-bond donors (Lipinski definition) is 1. The molecular weight excluding hydrogens is 237 g/mol. The van der Waals surface area contributed by atoms with Crippen LogP contribution in [0, 0.1) is 0 Å². The number of halogens is 2. The van der Waals surface area contributed by atoms with Gasteiger partial charge in [0.05, 0.1) is 10.0 Å². The Bertz CT molecular complexity index is 342. The van der Waals surface area contributed by atoms with Gasteiger partial charge in [0.15, 0.2) is 6.79 Å². The normalized spacial score (nSPS) is 12.6. The summed E-state index contributed by atoms with van der Waals surface area (Å²) in [7, 11) is 1.54. The lowest BCUT2D eigenvalue weighted by molar-refractivity contribution is 0.0502. The molecule has 0 bridgehead atoms. The van der Waals surface area contributed by atoms with E-state index in [1.165, 1.54) is 0 Å². The number of rotatable bonds is 4. The predicted octanol–water partition coefficient (Wildman–Crippen LogP) is 3.00. The third-order valence-electron chi connectivity index (χ3n) is 1.88. The van der Waals surface area contributed by atoms with Crippen LogP contribution in [0.25, 0.3) is 0 Å². The standard InChI is InChI=1S/C10H13Cl2NO2/c1-6(13)9-8(15-5-14-2)4-3-7(11)10(9)12/h3-4,6H,5,13H2,1-2H3. The predicted molar refractivity (Wildman–Crippen MR) is 61.6 cm³/mol. The molecule has 0 fully saturated rings. The van der Waals surface area contributed by atoms with Crippen molar-refractivity contribution in [3.8, 4) is 5.75 Å². The molecule has 0 spiro atoms. The van der Waals surface area contributed by atoms with E-state index in [4.69, 9.17) is 38.4 Å². The highest BCUT2D eigenvalue weighted by molar-refractivity contribution is 6.42. The molecule has 0 heterocycles. The van der Waals surface area contributed by atoms with Crippen molar-refractivity contribution in [2.45, 2.75) is 13.0 Å². The summed E-state index contributed by atoms with van der Waals surface area (Å²) >= 11 is 11.9. The summed E-state index contributed by atoms with van der Waals surface area (Å²) in [6.45, 7) is 1.97. The van der Waals surface area contributed by atoms with E-state index in [0.717, 1.165) is 0 Å². The molecule has 15 heavy (non-hydrogen) atoms. The lowest BCUT2D eigenvalue weighted by Gasteiger charge is -2.15. The highest BCUT2D eigenvalue weighted by Gasteiger charge is 2.15. The van der Waals surface area contributed by atoms with Crippen molar-refractivity contribution < 1.29 is 9.47 Å². The molecule has 0 aliphatic heterocycles. The summed E-state index contributed by atoms with van der Waals surface area (Å²) < 4.78 is 10.1. The maximum absolute atomic E-state index is 6.04. The summed E-state index contributed by atoms with van der Waals surface area (Å²) in [5.41, 5.74) is 6.49. The zero-order chi connectivity index (χ0) is 11.4. The first-order chi connectivity index (χ1) is 7.07. The van der Waals surface area contributed by atoms with Crippen molar-refractivity contribution in [3.63, 3.8) is 0 Å². The summed E-state index contributed by atoms with van der Waals surface area (Å²) in [6, 6.07) is 3.15. The third-order valence-corrected chi connectivity index (χ3v) is 2.70. The maximum Gasteiger partial charge on any atom is 0.188 e. The van der Waals surface area contributed by atoms with Crippen LogP contribution in [-0.2, 0) is 4.74 Å². The Balaban J connectivity index is 3.09. The summed E-state index contributed by atoms with van der Waals surface area (Å²) in [4.78, 5) is 0. The van der Waals surface area contributed by atoms with Gasteiger partial charge >= 0.3 is 0 Å². The lowest BCUT2D eigenvalue weighted by atomic mass is 10.1. The van der Waals surface area contributed by atoms with Gasteiger partial charge in [0, 0.05) is 18.7 Å². The van der Waals surface area contributed by atoms with Crippen molar-refractivity contribution in [3.05, 3.63) is 27.7 Å². The van der Waals surface area contributed by atoms with Gasteiger partial charge in [0.2, 0.25) is 0 Å². The van der Waals surface area contributed by atoms with Gasteiger partial charge in [-0.2, -0.15) is 0 Å². The summed E-state index contributed by atoms with van der Waals surface area (Å²) in [5, 5.41) is 0.897. The average Bonchev–Trinajstić information content (AvgIpc) is 2.19. The van der Waals surface area contributed by atoms with Gasteiger partial charge < -0.3 is 15.2 Å². The minimum atomic E-state index is -0.247. The second-order valence-corrected chi connectivity index (χ2v) is 3.90. The van der Waals surface area contributed by atoms with E-state index in [9.17, 15) is 0 Å². The highest BCUT2D eigenvalue weighted by Crippen LogP contribution is 2.36. The number of hydrogen-bond acceptors (Lipinski definition) is 3. The molecule has 5 heteroatoms. The molecule has 0 saturated heterocycles. The molecule has 0 saturated carbocycles. The Hall–Kier alpha value is -0.480. The van der Waals surface area contributed by atoms with E-state index in [1.54, 1.807) is 19.2 Å². The van der Waals surface area contributed by atoms with E-state index in [1.807, 2.05) is 6.92 Å². The van der Waals surface area contributed by atoms with Crippen LogP contribution >= 0.6 is 23.2 Å². The fourth-order valence-electron chi connectivity index (χ4n) is 1.22. The molecular formula is C10H13Cl2NO2. The quantitative estimate of drug-likeness (QED) is 0.835. The minimum absolute atomic E-state index is 0.150. The molecule has 2 N–H and O–H groups in total. The number of benzene rings is 1. The fraction of sp³-hybridized carbons (Fsp3) is 0.400. The van der Waals surface area contributed by atoms with Crippen LogP contribution in [0.2, 0.25) is 10.0 Å². The Morgan fingerprint density at radius 2 is 2.07 bits per heavy atom. The van der Waals surface area contributed by atoms with Gasteiger partial charge in [-0.3, -0.25) is 0 Å². The Morgan fingerprint density at radius 1 is 1.40 bits per heavy atom. The molecule has 1 unspecified atom stereocenters. The van der Waals surface area contributed by atoms with Crippen LogP contribution < -0.4 is 10.5 Å². The van der Waals surface area contributed by atoms with Gasteiger partial charge in [-0.1, -0.05) is 23.2 Å². The Morgan fingerprint density at radius 3 is 2.60 bits per heavy atom. The van der Waals surface area contributed by atoms with Crippen molar-refractivity contribution in [1.29, 1.82) is 0 Å². The van der Waals surface area contributed by atoms with Gasteiger partial charge in [-0.15, -0.1) is 0 Å². The molecule has 0 aliphatic rings. The Kier molecular flexibility index (Phi) is 4.67. The van der Waals surface area contributed by atoms with Crippen LogP contribution in [0.4, 0.5) is 0 Å². The fourth-order valence-corrected chi connectivity index (χ4v) is 1.71. The molecule has 0 radical (unpaired) electrons. The zero-order valence-electron chi connectivity index (χ0n) is 8.59. The number of ether oxygens (including phenoxy) is 2. The summed E-state index contributed by atoms with van der Waals surface area (Å²) in [5.74, 6) is 0.598. The summed E-state index contributed by atoms with van der Waals surface area (Å²) in [6.07, 6.45) is 0. The average molecular weight is 250 g/mol. The van der Waals surface area contributed by atoms with Crippen LogP contribution in [0.15, 0.2) is 12.1 Å². The molecule has 1 aromatic carbocycles. The second kappa shape index (κ2) is 5.56. The monoisotopic (exact) mass is 249 g/mol. The first-order valence-electron chi connectivity index (χ1n) is 4.43. The molecule has 3 nitrogen and oxygen atoms in total. The van der Waals surface area contributed by atoms with E-state index in [0.29, 0.717) is 21.4 Å². The first-order valence-corrected chi connectivity index (χ1v) is 5.18. The van der Waals surface area contributed by atoms with E-state index >= 15 is 0 Å². The molecule has 1 atom stereocenters. The maximum atomic E-state index is 6.04. The highest BCUT2D eigenvalue weighted by atomic mass is 35.5. The van der Waals surface area contributed by atoms with Crippen molar-refractivity contribution in [2.75, 3.05) is 13.9 Å². The van der Waals surface area contributed by atoms with E-state index in [2.05, 4.69) is 0 Å². The molecule has 1 rings (SSSR count). The smallest absolute Gasteiger partial charge is 0.188 e. The topological polar surface area (TPSA) is 44.5 Å². The van der Waals surface area contributed by atoms with Crippen molar-refractivity contribution in [1.82, 2.24) is 0 Å². The van der Waals surface area contributed by atoms with Gasteiger partial charge in [-0.25, -0.2) is 0 Å². The number of nitrogens with two attached hydrogens (primary N) is 1. The van der Waals surface area contributed by atoms with Gasteiger partial charge in [0.1, 0.15) is 5.75 Å². The largest absolute Gasteiger partial charge is 0.467 e. The van der Waals surface area contributed by atoms with Crippen LogP contribution in [-0.4, -0.2) is 13.9 Å². The molecule has 1 aromatic rings. The molecule has 0 aromatic heterocycles. The lowest BCUT2D eigenvalue weighted by Crippen LogP contribution is -2.10. The third kappa shape index (κ3) is 2.98. The van der Waals surface area contributed by atoms with Gasteiger partial charge in [-0.05, 0) is 19.1 Å². The second-order valence-electron chi connectivity index (χ2n) is 3.11. The van der Waals surface area contributed by atoms with Crippen LogP contribution in [0.3, 0.4) is 0 Å². The minimum Gasteiger partial charge on any atom is -0.467 e. The van der Waals surface area contributed by atoms with Crippen molar-refractivity contribution in [2.24, 2.45) is 5.73 Å². The molecule has 84 valence electrons. The SMILES string of the molecule is COCOc1ccc(Cl)c(Cl)c1C(C)N.